The maximum atomic E-state index is 13.8. The summed E-state index contributed by atoms with van der Waals surface area (Å²) >= 11 is 0. The molecule has 1 aliphatic heterocycles. The van der Waals surface area contributed by atoms with Crippen LogP contribution in [0.5, 0.6) is 0 Å². The first-order chi connectivity index (χ1) is 9.97. The van der Waals surface area contributed by atoms with Crippen LogP contribution in [0.15, 0.2) is 18.2 Å². The Morgan fingerprint density at radius 3 is 2.81 bits per heavy atom. The lowest BCUT2D eigenvalue weighted by Gasteiger charge is -2.22. The van der Waals surface area contributed by atoms with Gasteiger partial charge in [0, 0.05) is 6.04 Å². The van der Waals surface area contributed by atoms with Crippen LogP contribution in [-0.4, -0.2) is 28.8 Å². The third-order valence-electron chi connectivity index (χ3n) is 3.64. The summed E-state index contributed by atoms with van der Waals surface area (Å²) in [5.74, 6) is -1.20. The Morgan fingerprint density at radius 2 is 2.24 bits per heavy atom. The van der Waals surface area contributed by atoms with Crippen molar-refractivity contribution in [1.82, 2.24) is 4.90 Å². The highest BCUT2D eigenvalue weighted by Crippen LogP contribution is 2.23. The average molecular weight is 289 g/mol. The van der Waals surface area contributed by atoms with Gasteiger partial charge in [-0.25, -0.2) is 4.39 Å². The minimum Gasteiger partial charge on any atom is -0.371 e. The van der Waals surface area contributed by atoms with E-state index < -0.39 is 11.9 Å². The van der Waals surface area contributed by atoms with Crippen LogP contribution in [0.2, 0.25) is 0 Å². The molecular formula is C15H16FN3O2. The Morgan fingerprint density at radius 1 is 1.52 bits per heavy atom. The fourth-order valence-electron chi connectivity index (χ4n) is 2.30. The summed E-state index contributed by atoms with van der Waals surface area (Å²) < 4.78 is 13.8. The van der Waals surface area contributed by atoms with Gasteiger partial charge < -0.3 is 5.32 Å². The molecule has 1 fully saturated rings. The maximum Gasteiger partial charge on any atom is 0.252 e. The fourth-order valence-corrected chi connectivity index (χ4v) is 2.30. The lowest BCUT2D eigenvalue weighted by Crippen LogP contribution is -2.40. The first-order valence-corrected chi connectivity index (χ1v) is 6.80. The number of nitriles is 1. The van der Waals surface area contributed by atoms with Crippen LogP contribution < -0.4 is 5.32 Å². The summed E-state index contributed by atoms with van der Waals surface area (Å²) in [4.78, 5) is 25.4. The van der Waals surface area contributed by atoms with Crippen LogP contribution in [0.3, 0.4) is 0 Å². The molecule has 6 heteroatoms. The molecule has 1 saturated heterocycles. The number of halogens is 1. The van der Waals surface area contributed by atoms with Crippen molar-refractivity contribution in [3.8, 4) is 6.07 Å². The molecule has 21 heavy (non-hydrogen) atoms. The number of carbonyl (C=O) groups is 2. The maximum absolute atomic E-state index is 13.8. The lowest BCUT2D eigenvalue weighted by atomic mass is 10.2. The van der Waals surface area contributed by atoms with E-state index in [4.69, 9.17) is 5.26 Å². The number of hydrogen-bond donors (Lipinski definition) is 1. The molecule has 1 aromatic rings. The monoisotopic (exact) mass is 289 g/mol. The highest BCUT2D eigenvalue weighted by Gasteiger charge is 2.40. The van der Waals surface area contributed by atoms with E-state index in [9.17, 15) is 14.0 Å². The summed E-state index contributed by atoms with van der Waals surface area (Å²) in [6.07, 6.45) is 0.693. The molecule has 0 radical (unpaired) electrons. The first kappa shape index (κ1) is 15.0. The Labute approximate surface area is 122 Å². The van der Waals surface area contributed by atoms with E-state index in [1.807, 2.05) is 13.0 Å². The topological polar surface area (TPSA) is 73.2 Å². The van der Waals surface area contributed by atoms with Gasteiger partial charge in [-0.05, 0) is 31.5 Å². The molecule has 0 spiro atoms. The van der Waals surface area contributed by atoms with Crippen LogP contribution in [0.25, 0.3) is 0 Å². The second-order valence-electron chi connectivity index (χ2n) is 5.07. The van der Waals surface area contributed by atoms with E-state index in [2.05, 4.69) is 5.32 Å². The molecule has 2 rings (SSSR count). The zero-order valence-corrected chi connectivity index (χ0v) is 11.9. The molecule has 0 bridgehead atoms. The minimum atomic E-state index is -0.756. The summed E-state index contributed by atoms with van der Waals surface area (Å²) in [6, 6.07) is 4.87. The zero-order chi connectivity index (χ0) is 15.6. The van der Waals surface area contributed by atoms with Crippen molar-refractivity contribution in [2.45, 2.75) is 38.8 Å². The van der Waals surface area contributed by atoms with E-state index in [-0.39, 0.29) is 35.5 Å². The Hall–Kier alpha value is -2.42. The molecule has 2 amide bonds. The standard InChI is InChI=1S/C15H16FN3O2/c1-3-9(2)19-14(20)7-13(15(19)21)18-12-5-4-10(8-17)6-11(12)16/h4-6,9,13,18H,3,7H2,1-2H3. The van der Waals surface area contributed by atoms with Crippen molar-refractivity contribution in [2.24, 2.45) is 0 Å². The molecule has 110 valence electrons. The lowest BCUT2D eigenvalue weighted by molar-refractivity contribution is -0.140. The number of nitrogens with one attached hydrogen (secondary N) is 1. The second-order valence-corrected chi connectivity index (χ2v) is 5.07. The third-order valence-corrected chi connectivity index (χ3v) is 3.64. The van der Waals surface area contributed by atoms with Crippen molar-refractivity contribution >= 4 is 17.5 Å². The summed E-state index contributed by atoms with van der Waals surface area (Å²) in [7, 11) is 0. The molecular weight excluding hydrogens is 273 g/mol. The molecule has 0 saturated carbocycles. The number of amides is 2. The van der Waals surface area contributed by atoms with Crippen molar-refractivity contribution in [1.29, 1.82) is 5.26 Å². The number of rotatable bonds is 4. The van der Waals surface area contributed by atoms with Gasteiger partial charge in [0.1, 0.15) is 11.9 Å². The summed E-state index contributed by atoms with van der Waals surface area (Å²) in [6.45, 7) is 3.70. The first-order valence-electron chi connectivity index (χ1n) is 6.80. The minimum absolute atomic E-state index is 0.0165. The predicted octanol–water partition coefficient (Wildman–Crippen LogP) is 2.04. The molecule has 1 heterocycles. The van der Waals surface area contributed by atoms with Crippen molar-refractivity contribution in [3.63, 3.8) is 0 Å². The van der Waals surface area contributed by atoms with Gasteiger partial charge in [0.2, 0.25) is 5.91 Å². The van der Waals surface area contributed by atoms with Crippen LogP contribution in [0, 0.1) is 17.1 Å². The van der Waals surface area contributed by atoms with Gasteiger partial charge in [-0.1, -0.05) is 6.92 Å². The normalized spacial score (nSPS) is 19.5. The summed E-state index contributed by atoms with van der Waals surface area (Å²) in [5, 5.41) is 11.4. The Bertz CT molecular complexity index is 624. The van der Waals surface area contributed by atoms with E-state index in [1.54, 1.807) is 6.92 Å². The highest BCUT2D eigenvalue weighted by molar-refractivity contribution is 6.07. The Balaban J connectivity index is 2.16. The third kappa shape index (κ3) is 2.87. The number of anilines is 1. The molecule has 1 N–H and O–H groups in total. The number of imide groups is 1. The number of hydrogen-bond acceptors (Lipinski definition) is 4. The van der Waals surface area contributed by atoms with E-state index in [0.29, 0.717) is 6.42 Å². The van der Waals surface area contributed by atoms with Gasteiger partial charge in [0.25, 0.3) is 5.91 Å². The molecule has 5 nitrogen and oxygen atoms in total. The van der Waals surface area contributed by atoms with Crippen molar-refractivity contribution in [2.75, 3.05) is 5.32 Å². The predicted molar refractivity (Wildman–Crippen MR) is 74.7 cm³/mol. The van der Waals surface area contributed by atoms with Gasteiger partial charge in [-0.15, -0.1) is 0 Å². The van der Waals surface area contributed by atoms with Gasteiger partial charge in [-0.3, -0.25) is 14.5 Å². The SMILES string of the molecule is CCC(C)N1C(=O)CC(Nc2ccc(C#N)cc2F)C1=O. The summed E-state index contributed by atoms with van der Waals surface area (Å²) in [5.41, 5.74) is 0.319. The van der Waals surface area contributed by atoms with Gasteiger partial charge in [0.05, 0.1) is 23.7 Å². The highest BCUT2D eigenvalue weighted by atomic mass is 19.1. The fraction of sp³-hybridized carbons (Fsp3) is 0.400. The molecule has 2 unspecified atom stereocenters. The number of nitrogens with zero attached hydrogens (tertiary/aromatic N) is 2. The second kappa shape index (κ2) is 5.92. The largest absolute Gasteiger partial charge is 0.371 e. The smallest absolute Gasteiger partial charge is 0.252 e. The molecule has 0 aliphatic carbocycles. The average Bonchev–Trinajstić information content (AvgIpc) is 2.75. The van der Waals surface area contributed by atoms with E-state index in [0.717, 1.165) is 6.07 Å². The number of benzene rings is 1. The van der Waals surface area contributed by atoms with Gasteiger partial charge >= 0.3 is 0 Å². The van der Waals surface area contributed by atoms with Crippen molar-refractivity contribution in [3.05, 3.63) is 29.6 Å². The van der Waals surface area contributed by atoms with Gasteiger partial charge in [-0.2, -0.15) is 5.26 Å². The van der Waals surface area contributed by atoms with Crippen LogP contribution in [0.1, 0.15) is 32.3 Å². The van der Waals surface area contributed by atoms with Crippen LogP contribution in [0.4, 0.5) is 10.1 Å². The van der Waals surface area contributed by atoms with Gasteiger partial charge in [0.15, 0.2) is 0 Å². The number of carbonyl (C=O) groups excluding carboxylic acids is 2. The van der Waals surface area contributed by atoms with E-state index >= 15 is 0 Å². The Kier molecular flexibility index (Phi) is 4.22. The quantitative estimate of drug-likeness (QED) is 0.861. The zero-order valence-electron chi connectivity index (χ0n) is 11.9. The molecule has 1 aromatic carbocycles. The molecule has 1 aliphatic rings. The molecule has 2 atom stereocenters. The van der Waals surface area contributed by atoms with E-state index in [1.165, 1.54) is 17.0 Å². The van der Waals surface area contributed by atoms with Crippen molar-refractivity contribution < 1.29 is 14.0 Å². The van der Waals surface area contributed by atoms with Crippen LogP contribution in [-0.2, 0) is 9.59 Å². The number of likely N-dealkylation sites (tertiary alicyclic amines) is 1. The van der Waals surface area contributed by atoms with Crippen LogP contribution >= 0.6 is 0 Å². The molecule has 0 aromatic heterocycles.